The van der Waals surface area contributed by atoms with Crippen LogP contribution < -0.4 is 0 Å². The van der Waals surface area contributed by atoms with Crippen LogP contribution in [-0.4, -0.2) is 4.98 Å². The van der Waals surface area contributed by atoms with Crippen molar-refractivity contribution in [2.75, 3.05) is 0 Å². The largest absolute Gasteiger partial charge is 0.261 e. The van der Waals surface area contributed by atoms with Crippen molar-refractivity contribution in [3.8, 4) is 0 Å². The van der Waals surface area contributed by atoms with Crippen LogP contribution in [-0.2, 0) is 6.42 Å². The van der Waals surface area contributed by atoms with E-state index in [-0.39, 0.29) is 5.41 Å². The van der Waals surface area contributed by atoms with Gasteiger partial charge in [0.15, 0.2) is 0 Å². The van der Waals surface area contributed by atoms with Crippen LogP contribution in [0.15, 0.2) is 24.4 Å². The van der Waals surface area contributed by atoms with Gasteiger partial charge in [-0.25, -0.2) is 0 Å². The average Bonchev–Trinajstić information content (AvgIpc) is 2.15. The first kappa shape index (κ1) is 9.45. The molecule has 14 heavy (non-hydrogen) atoms. The molecular weight excluding hydrogens is 170 g/mol. The first-order valence-electron chi connectivity index (χ1n) is 5.24. The van der Waals surface area contributed by atoms with Crippen LogP contribution in [0.1, 0.15) is 38.4 Å². The van der Waals surface area contributed by atoms with Crippen molar-refractivity contribution in [1.82, 2.24) is 4.98 Å². The molecule has 0 atom stereocenters. The van der Waals surface area contributed by atoms with Crippen LogP contribution in [0.4, 0.5) is 0 Å². The van der Waals surface area contributed by atoms with Gasteiger partial charge in [-0.1, -0.05) is 32.9 Å². The molecule has 1 aliphatic rings. The lowest BCUT2D eigenvalue weighted by Crippen LogP contribution is -2.13. The second-order valence-corrected chi connectivity index (χ2v) is 4.90. The van der Waals surface area contributed by atoms with Gasteiger partial charge in [0.25, 0.3) is 0 Å². The summed E-state index contributed by atoms with van der Waals surface area (Å²) in [6.45, 7) is 6.79. The van der Waals surface area contributed by atoms with Crippen molar-refractivity contribution in [2.45, 2.75) is 33.6 Å². The highest BCUT2D eigenvalue weighted by Crippen LogP contribution is 2.38. The number of rotatable bonds is 0. The third-order valence-corrected chi connectivity index (χ3v) is 2.72. The van der Waals surface area contributed by atoms with E-state index in [1.807, 2.05) is 12.3 Å². The number of hydrogen-bond acceptors (Lipinski definition) is 1. The smallest absolute Gasteiger partial charge is 0.0481 e. The number of pyridine rings is 1. The zero-order chi connectivity index (χ0) is 10.2. The highest BCUT2D eigenvalue weighted by Gasteiger charge is 2.23. The molecule has 2 rings (SSSR count). The highest BCUT2D eigenvalue weighted by atomic mass is 14.7. The van der Waals surface area contributed by atoms with Crippen molar-refractivity contribution in [1.29, 1.82) is 0 Å². The van der Waals surface area contributed by atoms with Crippen molar-refractivity contribution in [3.05, 3.63) is 35.7 Å². The van der Waals surface area contributed by atoms with Crippen molar-refractivity contribution >= 4 is 5.57 Å². The quantitative estimate of drug-likeness (QED) is 0.606. The molecule has 0 radical (unpaired) electrons. The van der Waals surface area contributed by atoms with E-state index < -0.39 is 0 Å². The van der Waals surface area contributed by atoms with E-state index in [9.17, 15) is 0 Å². The summed E-state index contributed by atoms with van der Waals surface area (Å²) in [6, 6.07) is 4.22. The van der Waals surface area contributed by atoms with Crippen molar-refractivity contribution in [2.24, 2.45) is 5.41 Å². The molecule has 1 aliphatic carbocycles. The van der Waals surface area contributed by atoms with Gasteiger partial charge in [-0.3, -0.25) is 4.98 Å². The second-order valence-electron chi connectivity index (χ2n) is 4.90. The molecule has 1 aromatic heterocycles. The summed E-state index contributed by atoms with van der Waals surface area (Å²) in [5, 5.41) is 0. The van der Waals surface area contributed by atoms with Crippen LogP contribution in [0.3, 0.4) is 0 Å². The normalized spacial score (nSPS) is 16.1. The van der Waals surface area contributed by atoms with Crippen molar-refractivity contribution in [3.63, 3.8) is 0 Å². The average molecular weight is 187 g/mol. The first-order chi connectivity index (χ1) is 6.59. The minimum atomic E-state index is 0.234. The fraction of sp³-hybridized carbons (Fsp3) is 0.462. The van der Waals surface area contributed by atoms with E-state index in [2.05, 4.69) is 37.9 Å². The topological polar surface area (TPSA) is 12.9 Å². The van der Waals surface area contributed by atoms with Gasteiger partial charge in [0, 0.05) is 11.9 Å². The third-order valence-electron chi connectivity index (χ3n) is 2.72. The highest BCUT2D eigenvalue weighted by molar-refractivity contribution is 5.72. The zero-order valence-electron chi connectivity index (χ0n) is 9.17. The van der Waals surface area contributed by atoms with Gasteiger partial charge in [0.2, 0.25) is 0 Å². The Morgan fingerprint density at radius 2 is 2.07 bits per heavy atom. The van der Waals surface area contributed by atoms with Crippen LogP contribution in [0.2, 0.25) is 0 Å². The SMILES string of the molecule is CC(C)(C)C1=CCCc2ncccc21. The summed E-state index contributed by atoms with van der Waals surface area (Å²) in [5.74, 6) is 0. The summed E-state index contributed by atoms with van der Waals surface area (Å²) in [6.07, 6.45) is 6.49. The Balaban J connectivity index is 2.51. The van der Waals surface area contributed by atoms with E-state index >= 15 is 0 Å². The minimum Gasteiger partial charge on any atom is -0.261 e. The van der Waals surface area contributed by atoms with Crippen LogP contribution in [0.25, 0.3) is 5.57 Å². The molecule has 0 aromatic carbocycles. The number of fused-ring (bicyclic) bond motifs is 1. The molecule has 74 valence electrons. The maximum atomic E-state index is 4.44. The Labute approximate surface area is 85.9 Å². The van der Waals surface area contributed by atoms with Gasteiger partial charge in [0.1, 0.15) is 0 Å². The number of allylic oxidation sites excluding steroid dienone is 2. The van der Waals surface area contributed by atoms with Gasteiger partial charge in [-0.05, 0) is 35.5 Å². The summed E-state index contributed by atoms with van der Waals surface area (Å²) >= 11 is 0. The van der Waals surface area contributed by atoms with Gasteiger partial charge < -0.3 is 0 Å². The predicted molar refractivity (Wildman–Crippen MR) is 60.0 cm³/mol. The van der Waals surface area contributed by atoms with Crippen LogP contribution >= 0.6 is 0 Å². The van der Waals surface area contributed by atoms with E-state index in [1.165, 1.54) is 16.8 Å². The summed E-state index contributed by atoms with van der Waals surface area (Å²) in [4.78, 5) is 4.44. The number of hydrogen-bond donors (Lipinski definition) is 0. The maximum Gasteiger partial charge on any atom is 0.0481 e. The molecule has 0 amide bonds. The summed E-state index contributed by atoms with van der Waals surface area (Å²) < 4.78 is 0. The lowest BCUT2D eigenvalue weighted by Gasteiger charge is -2.27. The van der Waals surface area contributed by atoms with E-state index in [4.69, 9.17) is 0 Å². The summed E-state index contributed by atoms with van der Waals surface area (Å²) in [5.41, 5.74) is 4.30. The molecule has 0 aliphatic heterocycles. The van der Waals surface area contributed by atoms with E-state index in [0.717, 1.165) is 12.8 Å². The number of aromatic nitrogens is 1. The Bertz CT molecular complexity index is 369. The number of aryl methyl sites for hydroxylation is 1. The second kappa shape index (κ2) is 3.23. The minimum absolute atomic E-state index is 0.234. The van der Waals surface area contributed by atoms with Gasteiger partial charge >= 0.3 is 0 Å². The zero-order valence-corrected chi connectivity index (χ0v) is 9.17. The van der Waals surface area contributed by atoms with Gasteiger partial charge in [0.05, 0.1) is 0 Å². The first-order valence-corrected chi connectivity index (χ1v) is 5.24. The molecule has 0 spiro atoms. The fourth-order valence-electron chi connectivity index (χ4n) is 2.06. The monoisotopic (exact) mass is 187 g/mol. The van der Waals surface area contributed by atoms with Gasteiger partial charge in [-0.2, -0.15) is 0 Å². The maximum absolute atomic E-state index is 4.44. The van der Waals surface area contributed by atoms with Crippen LogP contribution in [0, 0.1) is 5.41 Å². The van der Waals surface area contributed by atoms with Crippen LogP contribution in [0.5, 0.6) is 0 Å². The Morgan fingerprint density at radius 1 is 1.29 bits per heavy atom. The predicted octanol–water partition coefficient (Wildman–Crippen LogP) is 3.46. The molecular formula is C13H17N. The Kier molecular flexibility index (Phi) is 2.18. The molecule has 1 nitrogen and oxygen atoms in total. The molecule has 1 aromatic rings. The molecule has 0 bridgehead atoms. The molecule has 0 saturated heterocycles. The standard InChI is InChI=1S/C13H17N/c1-13(2,3)11-7-4-8-12-10(11)6-5-9-14-12/h5-7,9H,4,8H2,1-3H3. The van der Waals surface area contributed by atoms with E-state index in [1.54, 1.807) is 0 Å². The molecule has 0 N–H and O–H groups in total. The third kappa shape index (κ3) is 1.59. The fourth-order valence-corrected chi connectivity index (χ4v) is 2.06. The molecule has 1 heterocycles. The molecule has 0 saturated carbocycles. The van der Waals surface area contributed by atoms with E-state index in [0.29, 0.717) is 0 Å². The van der Waals surface area contributed by atoms with Crippen molar-refractivity contribution < 1.29 is 0 Å². The Morgan fingerprint density at radius 3 is 2.79 bits per heavy atom. The lowest BCUT2D eigenvalue weighted by atomic mass is 9.78. The molecule has 1 heteroatoms. The lowest BCUT2D eigenvalue weighted by molar-refractivity contribution is 0.561. The molecule has 0 fully saturated rings. The molecule has 0 unspecified atom stereocenters. The number of nitrogens with zero attached hydrogens (tertiary/aromatic N) is 1. The van der Waals surface area contributed by atoms with Gasteiger partial charge in [-0.15, -0.1) is 0 Å². The summed E-state index contributed by atoms with van der Waals surface area (Å²) in [7, 11) is 0. The Hall–Kier alpha value is -1.11.